The van der Waals surface area contributed by atoms with Gasteiger partial charge in [0.2, 0.25) is 0 Å². The van der Waals surface area contributed by atoms with Gasteiger partial charge < -0.3 is 44.9 Å². The van der Waals surface area contributed by atoms with Crippen LogP contribution in [0.2, 0.25) is 0 Å². The number of rotatable bonds is 20. The number of amides is 16. The number of nitrogens with one attached hydrogen (secondary N) is 12. The van der Waals surface area contributed by atoms with Crippen molar-refractivity contribution in [1.82, 2.24) is 84.5 Å². The number of anilines is 1. The van der Waals surface area contributed by atoms with Gasteiger partial charge in [-0.1, -0.05) is 163 Å². The number of hydrogen-bond acceptors (Lipinski definition) is 18. The van der Waals surface area contributed by atoms with Crippen molar-refractivity contribution in [3.8, 4) is 0 Å². The highest BCUT2D eigenvalue weighted by atomic mass is 16.2. The molecule has 9 aliphatic rings. The van der Waals surface area contributed by atoms with E-state index < -0.39 is 0 Å². The Bertz CT molecular complexity index is 3840. The van der Waals surface area contributed by atoms with Gasteiger partial charge in [-0.05, 0) is 141 Å². The molecule has 35 heteroatoms. The lowest BCUT2D eigenvalue weighted by Crippen LogP contribution is -2.43. The summed E-state index contributed by atoms with van der Waals surface area (Å²) in [5.41, 5.74) is 0.852. The molecule has 9 heterocycles. The molecule has 0 radical (unpaired) electrons. The summed E-state index contributed by atoms with van der Waals surface area (Å²) in [6.45, 7) is 65.7. The summed E-state index contributed by atoms with van der Waals surface area (Å²) < 4.78 is 0. The maximum Gasteiger partial charge on any atom is 0.330 e. The molecule has 1 aromatic rings. The molecule has 0 saturated carbocycles. The molecule has 9 saturated heterocycles. The van der Waals surface area contributed by atoms with E-state index in [9.17, 15) is 38.4 Å². The van der Waals surface area contributed by atoms with Gasteiger partial charge in [-0.25, -0.2) is 38.4 Å². The molecular formula is C88H159N27O8. The summed E-state index contributed by atoms with van der Waals surface area (Å²) in [6.07, 6.45) is 1.85. The minimum absolute atomic E-state index is 0.0151. The lowest BCUT2D eigenvalue weighted by Gasteiger charge is -2.28. The zero-order valence-corrected chi connectivity index (χ0v) is 81.1. The predicted octanol–water partition coefficient (Wildman–Crippen LogP) is 14.8. The van der Waals surface area contributed by atoms with Crippen LogP contribution in [0.3, 0.4) is 0 Å². The highest BCUT2D eigenvalue weighted by Crippen LogP contribution is 2.33. The van der Waals surface area contributed by atoms with E-state index in [1.807, 2.05) is 200 Å². The molecular weight excluding hydrogens is 1560 g/mol. The van der Waals surface area contributed by atoms with Gasteiger partial charge in [-0.3, -0.25) is 93.2 Å². The molecule has 16 amide bonds. The Morgan fingerprint density at radius 3 is 1.01 bits per heavy atom. The molecule has 9 aliphatic heterocycles. The van der Waals surface area contributed by atoms with Gasteiger partial charge in [0.1, 0.15) is 52.5 Å². The fraction of sp³-hybridized carbons (Fsp3) is 0.716. The molecule has 9 fully saturated rings. The average molecular weight is 1720 g/mol. The van der Waals surface area contributed by atoms with E-state index in [1.165, 1.54) is 19.6 Å². The van der Waals surface area contributed by atoms with Crippen LogP contribution in [0, 0.1) is 102 Å². The fourth-order valence-corrected chi connectivity index (χ4v) is 16.2. The van der Waals surface area contributed by atoms with Gasteiger partial charge in [0.15, 0.2) is 0 Å². The quantitative estimate of drug-likeness (QED) is 0.0585. The molecule has 9 unspecified atom stereocenters. The van der Waals surface area contributed by atoms with Crippen molar-refractivity contribution in [3.63, 3.8) is 0 Å². The second-order valence-corrected chi connectivity index (χ2v) is 36.2. The second kappa shape index (κ2) is 47.6. The Balaban J connectivity index is 0.000000471. The first kappa shape index (κ1) is 109. The highest BCUT2D eigenvalue weighted by molar-refractivity contribution is 6.15. The van der Waals surface area contributed by atoms with E-state index in [0.29, 0.717) is 108 Å². The van der Waals surface area contributed by atoms with Gasteiger partial charge in [-0.2, -0.15) is 0 Å². The average Bonchev–Trinajstić information content (AvgIpc) is 1.62. The van der Waals surface area contributed by atoms with Crippen LogP contribution in [0.5, 0.6) is 0 Å². The standard InChI is InChI=1S/C13H17N3O.2C12H23N3O.2C10H19N3O.C9H17N3O.C8H15N3O.C8H15N3.C6H11N3O/c1-9(2)11-12(14)15(3)13(17)16(11)10-7-5-4-6-8-10;1-7(2)10-11(13)15(9(5)6)12(16)14(10)8(3)4;1-5-7-14-10(9(3)4)11(13)15(8-6-2)12(14)16;1-6(2)8-9(11)12(5)10(14)13(8)7(3)4;1-5-12-8(7(3)4)9(11)13(6-2)10(12)14;1-5-12-7(6(2)3)8(10)11(4)9(12)13;1-5(2)6-7(9)11(4)8(12)10(6)3;1-5(2)7-8(9)11(4)6(3)10-7;1-3(2)4-5(7)9-6(10)8-4/h4-9,11,14H,1-3H3;7-10,13H,1-6H3;9-10,13H,5-8H2,1-4H3;6-8,11H,1-5H3;7-8,11H,5-6H2,1-4H3;6-7,10H,5H2,1-4H3;5-6,9H,1-4H3;5,7,9-10H,3H2,1-2,4H3;3-4H,1-2H3,(H3,7,8,9,10). The Morgan fingerprint density at radius 1 is 0.333 bits per heavy atom. The number of benzene rings is 1. The van der Waals surface area contributed by atoms with Gasteiger partial charge in [0, 0.05) is 98.8 Å². The fourth-order valence-electron chi connectivity index (χ4n) is 16.2. The van der Waals surface area contributed by atoms with E-state index in [0.717, 1.165) is 30.9 Å². The third kappa shape index (κ3) is 25.5. The van der Waals surface area contributed by atoms with Crippen molar-refractivity contribution in [2.45, 2.75) is 286 Å². The van der Waals surface area contributed by atoms with E-state index in [-0.39, 0.29) is 144 Å². The summed E-state index contributed by atoms with van der Waals surface area (Å²) in [7, 11) is 10.2. The Kier molecular flexibility index (Phi) is 42.1. The molecule has 123 heavy (non-hydrogen) atoms. The van der Waals surface area contributed by atoms with E-state index in [2.05, 4.69) is 71.0 Å². The molecule has 0 bridgehead atoms. The normalized spacial score (nSPS) is 22.9. The van der Waals surface area contributed by atoms with Gasteiger partial charge >= 0.3 is 48.2 Å². The lowest BCUT2D eigenvalue weighted by atomic mass is 10.0. The monoisotopic (exact) mass is 1720 g/mol. The van der Waals surface area contributed by atoms with Crippen molar-refractivity contribution < 1.29 is 38.4 Å². The van der Waals surface area contributed by atoms with Crippen LogP contribution in [0.4, 0.5) is 44.0 Å². The summed E-state index contributed by atoms with van der Waals surface area (Å²) >= 11 is 0. The number of hydrogen-bond donors (Lipinski definition) is 12. The summed E-state index contributed by atoms with van der Waals surface area (Å²) in [6, 6.07) is 8.87. The number of urea groups is 8. The van der Waals surface area contributed by atoms with Crippen LogP contribution >= 0.6 is 0 Å². The van der Waals surface area contributed by atoms with Crippen LogP contribution in [0.15, 0.2) is 42.7 Å². The number of carbonyl (C=O) groups is 8. The van der Waals surface area contributed by atoms with E-state index >= 15 is 0 Å². The van der Waals surface area contributed by atoms with Gasteiger partial charge in [0.25, 0.3) is 0 Å². The van der Waals surface area contributed by atoms with Crippen molar-refractivity contribution in [3.05, 3.63) is 42.7 Å². The van der Waals surface area contributed by atoms with E-state index in [1.54, 1.807) is 79.3 Å². The Morgan fingerprint density at radius 2 is 0.699 bits per heavy atom. The molecule has 0 aliphatic carbocycles. The molecule has 12 N–H and O–H groups in total. The van der Waals surface area contributed by atoms with Gasteiger partial charge in [-0.15, -0.1) is 0 Å². The summed E-state index contributed by atoms with van der Waals surface area (Å²) in [5.74, 6) is 7.46. The van der Waals surface area contributed by atoms with Crippen LogP contribution in [-0.2, 0) is 0 Å². The Labute approximate surface area is 736 Å². The van der Waals surface area contributed by atoms with Crippen LogP contribution in [-0.4, -0.2) is 317 Å². The number of carbonyl (C=O) groups excluding carboxylic acids is 8. The van der Waals surface area contributed by atoms with Gasteiger partial charge in [0.05, 0.1) is 60.2 Å². The first-order valence-electron chi connectivity index (χ1n) is 43.9. The third-order valence-electron chi connectivity index (χ3n) is 22.6. The SMILES string of the molecule is C=C1NC(C(C)C)C(=N)N1C.CC(C)C1C(=N)N(C(C)C)C(=O)N1C(C)C.CC(C)C1C(=N)N(C)C(=O)N1C.CC(C)C1C(=N)N(C)C(=O)N1C(C)C.CC(C)C1C(=N)N(C)C(=O)N1c1ccccc1.CC(C)C1NC(=O)NC1=N.CCCN1C(=N)C(C(C)C)N(CCC)C1=O.CCN1C(=N)C(C(C)C)N(CC)C1=O.CCN1C(=O)N(C)C(=N)C1C(C)C. The van der Waals surface area contributed by atoms with E-state index in [4.69, 9.17) is 48.7 Å². The van der Waals surface area contributed by atoms with Crippen LogP contribution in [0.1, 0.15) is 214 Å². The number of amidine groups is 9. The van der Waals surface area contributed by atoms with Crippen LogP contribution in [0.25, 0.3) is 0 Å². The maximum absolute atomic E-state index is 12.2. The molecule has 0 aromatic heterocycles. The number of para-hydroxylation sites is 1. The molecule has 1 aromatic carbocycles. The second-order valence-electron chi connectivity index (χ2n) is 36.2. The molecule has 35 nitrogen and oxygen atoms in total. The van der Waals surface area contributed by atoms with Crippen LogP contribution < -0.4 is 20.9 Å². The molecule has 9 atom stereocenters. The van der Waals surface area contributed by atoms with Crippen molar-refractivity contribution >= 4 is 106 Å². The molecule has 10 rings (SSSR count). The highest BCUT2D eigenvalue weighted by Gasteiger charge is 2.49. The maximum atomic E-state index is 12.2. The zero-order chi connectivity index (χ0) is 95.4. The first-order chi connectivity index (χ1) is 56.9. The van der Waals surface area contributed by atoms with Crippen molar-refractivity contribution in [2.75, 3.05) is 79.9 Å². The van der Waals surface area contributed by atoms with Crippen molar-refractivity contribution in [2.24, 2.45) is 53.3 Å². The largest absolute Gasteiger partial charge is 0.362 e. The molecule has 694 valence electrons. The molecule has 0 spiro atoms. The topological polar surface area (TPSA) is 436 Å². The summed E-state index contributed by atoms with van der Waals surface area (Å²) in [4.78, 5) is 118. The number of likely N-dealkylation sites (N-methyl/N-ethyl adjacent to an activating group) is 9. The first-order valence-corrected chi connectivity index (χ1v) is 43.9. The van der Waals surface area contributed by atoms with Crippen molar-refractivity contribution in [1.29, 1.82) is 48.7 Å². The smallest absolute Gasteiger partial charge is 0.330 e. The lowest BCUT2D eigenvalue weighted by molar-refractivity contribution is 0.159. The third-order valence-corrected chi connectivity index (χ3v) is 22.6. The number of nitrogens with zero attached hydrogens (tertiary/aromatic N) is 15. The predicted molar refractivity (Wildman–Crippen MR) is 496 cm³/mol. The zero-order valence-electron chi connectivity index (χ0n) is 81.1. The minimum Gasteiger partial charge on any atom is -0.362 e. The summed E-state index contributed by atoms with van der Waals surface area (Å²) in [5, 5.41) is 78.6. The minimum atomic E-state index is -0.260. The Hall–Kier alpha value is -10.2.